The van der Waals surface area contributed by atoms with Crippen LogP contribution in [0.25, 0.3) is 0 Å². The van der Waals surface area contributed by atoms with Gasteiger partial charge < -0.3 is 0 Å². The molecule has 0 unspecified atom stereocenters. The molecule has 0 spiro atoms. The van der Waals surface area contributed by atoms with Crippen molar-refractivity contribution in [1.29, 1.82) is 0 Å². The molecule has 14 heavy (non-hydrogen) atoms. The fourth-order valence-corrected chi connectivity index (χ4v) is 35.8. The third-order valence-electron chi connectivity index (χ3n) is 2.18. The molecule has 0 amide bonds. The molecule has 0 aromatic heterocycles. The van der Waals surface area contributed by atoms with Gasteiger partial charge in [-0.25, -0.2) is 0 Å². The van der Waals surface area contributed by atoms with Crippen LogP contribution in [0.3, 0.4) is 0 Å². The molecule has 2 rings (SSSR count). The molecular weight excluding hydrogens is 470 g/mol. The van der Waals surface area contributed by atoms with Crippen LogP contribution in [0.4, 0.5) is 0 Å². The molecule has 4 heteroatoms. The summed E-state index contributed by atoms with van der Waals surface area (Å²) in [5, 5.41) is 0. The van der Waals surface area contributed by atoms with E-state index >= 15 is 0 Å². The van der Waals surface area contributed by atoms with Gasteiger partial charge in [0.15, 0.2) is 0 Å². The number of fused-ring (bicyclic) bond motifs is 1. The first-order chi connectivity index (χ1) is 6.74. The number of hydrogen-bond donors (Lipinski definition) is 0. The van der Waals surface area contributed by atoms with E-state index in [-0.39, 0.29) is 17.1 Å². The van der Waals surface area contributed by atoms with E-state index in [1.54, 1.807) is 13.6 Å². The van der Waals surface area contributed by atoms with E-state index in [0.717, 1.165) is 11.8 Å². The van der Waals surface area contributed by atoms with Gasteiger partial charge in [-0.15, -0.1) is 0 Å². The SMILES string of the molecule is COc1ccc(C(C)C)c2c1[Te][Te][Se]2. The number of benzene rings is 1. The summed E-state index contributed by atoms with van der Waals surface area (Å²) in [6.45, 7) is 4.61. The van der Waals surface area contributed by atoms with Gasteiger partial charge in [0, 0.05) is 0 Å². The standard InChI is InChI=1S/C10H12OSeTe2/c1-6(2)7-4-5-8(11-3)10-9(7)12-14-13-10/h4-6H,1-3H3. The molecule has 0 fully saturated rings. The van der Waals surface area contributed by atoms with Crippen LogP contribution in [0.1, 0.15) is 25.3 Å². The molecule has 0 aliphatic carbocycles. The Hall–Kier alpha value is 1.12. The Balaban J connectivity index is 2.53. The van der Waals surface area contributed by atoms with E-state index in [0.29, 0.717) is 20.7 Å². The zero-order chi connectivity index (χ0) is 10.1. The first kappa shape index (κ1) is 11.6. The average molecular weight is 482 g/mol. The van der Waals surface area contributed by atoms with Gasteiger partial charge >= 0.3 is 107 Å². The van der Waals surface area contributed by atoms with Crippen LogP contribution in [0, 0.1) is 0 Å². The molecule has 0 N–H and O–H groups in total. The van der Waals surface area contributed by atoms with Crippen LogP contribution < -0.4 is 12.8 Å². The molecule has 0 bridgehead atoms. The molecule has 0 saturated carbocycles. The Kier molecular flexibility index (Phi) is 4.12. The second kappa shape index (κ2) is 4.97. The van der Waals surface area contributed by atoms with Gasteiger partial charge in [-0.1, -0.05) is 0 Å². The van der Waals surface area contributed by atoms with E-state index < -0.39 is 0 Å². The van der Waals surface area contributed by atoms with Gasteiger partial charge in [-0.3, -0.25) is 0 Å². The quantitative estimate of drug-likeness (QED) is 0.541. The monoisotopic (exact) mass is 488 g/mol. The summed E-state index contributed by atoms with van der Waals surface area (Å²) in [7, 11) is 1.81. The Morgan fingerprint density at radius 3 is 2.79 bits per heavy atom. The van der Waals surface area contributed by atoms with Crippen molar-refractivity contribution in [1.82, 2.24) is 0 Å². The first-order valence-electron chi connectivity index (χ1n) is 4.46. The van der Waals surface area contributed by atoms with Gasteiger partial charge in [0.2, 0.25) is 0 Å². The molecule has 1 aliphatic rings. The van der Waals surface area contributed by atoms with E-state index in [9.17, 15) is 0 Å². The number of rotatable bonds is 2. The maximum absolute atomic E-state index is 5.46. The summed E-state index contributed by atoms with van der Waals surface area (Å²) < 4.78 is 8.86. The zero-order valence-corrected chi connectivity index (χ0v) is 14.7. The van der Waals surface area contributed by atoms with Crippen molar-refractivity contribution in [2.75, 3.05) is 7.11 Å². The molecule has 1 nitrogen and oxygen atoms in total. The predicted octanol–water partition coefficient (Wildman–Crippen LogP) is 0.0254. The van der Waals surface area contributed by atoms with Crippen LogP contribution in [0.15, 0.2) is 12.1 Å². The molecule has 0 saturated heterocycles. The van der Waals surface area contributed by atoms with E-state index in [1.165, 1.54) is 5.75 Å². The summed E-state index contributed by atoms with van der Waals surface area (Å²) in [5.41, 5.74) is 1.61. The van der Waals surface area contributed by atoms with E-state index in [2.05, 4.69) is 26.0 Å². The van der Waals surface area contributed by atoms with Crippen LogP contribution in [0.5, 0.6) is 5.75 Å². The van der Waals surface area contributed by atoms with E-state index in [1.807, 2.05) is 7.11 Å². The van der Waals surface area contributed by atoms with Crippen molar-refractivity contribution >= 4 is 51.7 Å². The first-order valence-corrected chi connectivity index (χ1v) is 19.5. The second-order valence-corrected chi connectivity index (χ2v) is 27.8. The molecule has 1 aromatic carbocycles. The van der Waals surface area contributed by atoms with Crippen molar-refractivity contribution in [3.8, 4) is 5.75 Å². The normalized spacial score (nSPS) is 14.6. The summed E-state index contributed by atoms with van der Waals surface area (Å²) in [6, 6.07) is 4.47. The average Bonchev–Trinajstić information content (AvgIpc) is 2.64. The van der Waals surface area contributed by atoms with Gasteiger partial charge in [-0.05, 0) is 0 Å². The minimum atomic E-state index is 0.209. The summed E-state index contributed by atoms with van der Waals surface area (Å²) in [6.07, 6.45) is 0. The maximum atomic E-state index is 5.46. The van der Waals surface area contributed by atoms with Crippen LogP contribution in [-0.4, -0.2) is 50.8 Å². The fraction of sp³-hybridized carbons (Fsp3) is 0.400. The predicted molar refractivity (Wildman–Crippen MR) is 63.6 cm³/mol. The zero-order valence-electron chi connectivity index (χ0n) is 8.37. The molecule has 1 heterocycles. The summed E-state index contributed by atoms with van der Waals surface area (Å²) in [5.74, 6) is 1.88. The van der Waals surface area contributed by atoms with Crippen LogP contribution in [-0.2, 0) is 0 Å². The molecule has 76 valence electrons. The molecule has 1 aliphatic heterocycles. The van der Waals surface area contributed by atoms with Crippen LogP contribution in [0.2, 0.25) is 0 Å². The number of ether oxygens (including phenoxy) is 1. The minimum absolute atomic E-state index is 0.209. The van der Waals surface area contributed by atoms with Crippen molar-refractivity contribution < 1.29 is 4.74 Å². The van der Waals surface area contributed by atoms with Gasteiger partial charge in [0.25, 0.3) is 0 Å². The molecular formula is C10H12OSeTe2. The third kappa shape index (κ3) is 2.12. The van der Waals surface area contributed by atoms with Crippen molar-refractivity contribution in [3.05, 3.63) is 17.7 Å². The fourth-order valence-electron chi connectivity index (χ4n) is 1.43. The van der Waals surface area contributed by atoms with Gasteiger partial charge in [0.1, 0.15) is 0 Å². The number of hydrogen-bond acceptors (Lipinski definition) is 1. The molecule has 0 radical (unpaired) electrons. The number of methoxy groups -OCH3 is 1. The van der Waals surface area contributed by atoms with Crippen molar-refractivity contribution in [2.24, 2.45) is 0 Å². The van der Waals surface area contributed by atoms with Crippen molar-refractivity contribution in [3.63, 3.8) is 0 Å². The summed E-state index contributed by atoms with van der Waals surface area (Å²) >= 11 is 1.47. The Bertz CT molecular complexity index is 352. The summed E-state index contributed by atoms with van der Waals surface area (Å²) in [4.78, 5) is 0. The molecule has 0 atom stereocenters. The Labute approximate surface area is 105 Å². The Morgan fingerprint density at radius 1 is 1.36 bits per heavy atom. The topological polar surface area (TPSA) is 9.23 Å². The van der Waals surface area contributed by atoms with Gasteiger partial charge in [0.05, 0.1) is 0 Å². The van der Waals surface area contributed by atoms with Crippen LogP contribution >= 0.6 is 0 Å². The van der Waals surface area contributed by atoms with E-state index in [4.69, 9.17) is 4.74 Å². The second-order valence-electron chi connectivity index (χ2n) is 3.40. The molecule has 1 aromatic rings. The van der Waals surface area contributed by atoms with Crippen molar-refractivity contribution in [2.45, 2.75) is 19.8 Å². The Morgan fingerprint density at radius 2 is 2.14 bits per heavy atom. The third-order valence-corrected chi connectivity index (χ3v) is 27.5. The van der Waals surface area contributed by atoms with Gasteiger partial charge in [-0.2, -0.15) is 0 Å².